The molecule has 3 rings (SSSR count). The van der Waals surface area contributed by atoms with Gasteiger partial charge in [-0.3, -0.25) is 9.59 Å². The molecular formula is C19H28ClN3O2. The molecule has 5 nitrogen and oxygen atoms in total. The Labute approximate surface area is 156 Å². The Balaban J connectivity index is 0.00000225. The quantitative estimate of drug-likeness (QED) is 0.874. The van der Waals surface area contributed by atoms with Crippen molar-refractivity contribution < 1.29 is 9.59 Å². The van der Waals surface area contributed by atoms with E-state index in [-0.39, 0.29) is 36.2 Å². The fraction of sp³-hybridized carbons (Fsp3) is 0.579. The Kier molecular flexibility index (Phi) is 6.12. The van der Waals surface area contributed by atoms with Gasteiger partial charge in [-0.25, -0.2) is 0 Å². The third-order valence-corrected chi connectivity index (χ3v) is 5.16. The highest BCUT2D eigenvalue weighted by Crippen LogP contribution is 2.32. The lowest BCUT2D eigenvalue weighted by atomic mass is 10.0. The average molecular weight is 366 g/mol. The summed E-state index contributed by atoms with van der Waals surface area (Å²) < 4.78 is 0. The number of nitrogens with zero attached hydrogens (tertiary/aromatic N) is 2. The third kappa shape index (κ3) is 3.82. The smallest absolute Gasteiger partial charge is 0.228 e. The van der Waals surface area contributed by atoms with Crippen molar-refractivity contribution in [1.82, 2.24) is 10.2 Å². The van der Waals surface area contributed by atoms with E-state index in [1.165, 1.54) is 5.56 Å². The van der Waals surface area contributed by atoms with Crippen LogP contribution in [0.15, 0.2) is 12.1 Å². The maximum atomic E-state index is 12.9. The number of aryl methyl sites for hydroxylation is 3. The number of hydrogen-bond donors (Lipinski definition) is 1. The lowest BCUT2D eigenvalue weighted by Gasteiger charge is -2.35. The molecule has 2 amide bonds. The van der Waals surface area contributed by atoms with Crippen LogP contribution in [0.1, 0.15) is 30.0 Å². The van der Waals surface area contributed by atoms with Crippen LogP contribution in [-0.2, 0) is 9.59 Å². The number of halogens is 1. The summed E-state index contributed by atoms with van der Waals surface area (Å²) in [5.41, 5.74) is 4.38. The van der Waals surface area contributed by atoms with E-state index in [4.69, 9.17) is 0 Å². The van der Waals surface area contributed by atoms with Crippen molar-refractivity contribution in [2.75, 3.05) is 31.1 Å². The molecule has 0 aliphatic carbocycles. The van der Waals surface area contributed by atoms with Gasteiger partial charge in [0.15, 0.2) is 0 Å². The SMILES string of the molecule is Cc1cc(C)c(N2CC(C(=O)N3CCNC[C@@H]3C)CC2=O)c(C)c1.Cl. The topological polar surface area (TPSA) is 52.7 Å². The summed E-state index contributed by atoms with van der Waals surface area (Å²) in [6.45, 7) is 11.1. The molecule has 0 aromatic heterocycles. The summed E-state index contributed by atoms with van der Waals surface area (Å²) in [5, 5.41) is 3.30. The van der Waals surface area contributed by atoms with Crippen LogP contribution in [-0.4, -0.2) is 48.9 Å². The number of amides is 2. The molecule has 6 heteroatoms. The Morgan fingerprint density at radius 3 is 2.44 bits per heavy atom. The van der Waals surface area contributed by atoms with Crippen molar-refractivity contribution in [3.63, 3.8) is 0 Å². The van der Waals surface area contributed by atoms with Crippen LogP contribution in [0.4, 0.5) is 5.69 Å². The summed E-state index contributed by atoms with van der Waals surface area (Å²) >= 11 is 0. The molecule has 2 aliphatic rings. The predicted molar refractivity (Wildman–Crippen MR) is 102 cm³/mol. The minimum absolute atomic E-state index is 0. The van der Waals surface area contributed by atoms with Gasteiger partial charge in [-0.2, -0.15) is 0 Å². The second-order valence-electron chi connectivity index (χ2n) is 7.24. The van der Waals surface area contributed by atoms with Gasteiger partial charge in [0.2, 0.25) is 11.8 Å². The molecule has 2 heterocycles. The normalized spacial score (nSPS) is 23.6. The summed E-state index contributed by atoms with van der Waals surface area (Å²) in [6.07, 6.45) is 0.322. The monoisotopic (exact) mass is 365 g/mol. The average Bonchev–Trinajstić information content (AvgIpc) is 2.88. The number of rotatable bonds is 2. The maximum absolute atomic E-state index is 12.9. The molecule has 0 spiro atoms. The number of piperazine rings is 1. The van der Waals surface area contributed by atoms with Crippen LogP contribution < -0.4 is 10.2 Å². The zero-order valence-corrected chi connectivity index (χ0v) is 16.3. The fourth-order valence-corrected chi connectivity index (χ4v) is 4.09. The minimum Gasteiger partial charge on any atom is -0.337 e. The summed E-state index contributed by atoms with van der Waals surface area (Å²) in [5.74, 6) is -0.0355. The van der Waals surface area contributed by atoms with E-state index in [2.05, 4.69) is 31.3 Å². The van der Waals surface area contributed by atoms with Crippen molar-refractivity contribution in [3.05, 3.63) is 28.8 Å². The molecule has 2 fully saturated rings. The van der Waals surface area contributed by atoms with Crippen LogP contribution in [0, 0.1) is 26.7 Å². The highest BCUT2D eigenvalue weighted by Gasteiger charge is 2.39. The maximum Gasteiger partial charge on any atom is 0.228 e. The van der Waals surface area contributed by atoms with E-state index < -0.39 is 0 Å². The van der Waals surface area contributed by atoms with Gasteiger partial charge in [0.05, 0.1) is 5.92 Å². The Morgan fingerprint density at radius 1 is 1.20 bits per heavy atom. The molecule has 1 N–H and O–H groups in total. The zero-order chi connectivity index (χ0) is 17.4. The highest BCUT2D eigenvalue weighted by atomic mass is 35.5. The van der Waals surface area contributed by atoms with Gasteiger partial charge >= 0.3 is 0 Å². The first-order chi connectivity index (χ1) is 11.4. The molecule has 2 atom stereocenters. The number of benzene rings is 1. The fourth-order valence-electron chi connectivity index (χ4n) is 4.09. The standard InChI is InChI=1S/C19H27N3O2.ClH/c1-12-7-13(2)18(14(3)8-12)22-11-16(9-17(22)23)19(24)21-6-5-20-10-15(21)4;/h7-8,15-16,20H,5-6,9-11H2,1-4H3;1H/t15-,16?;/m0./s1. The second-order valence-corrected chi connectivity index (χ2v) is 7.24. The van der Waals surface area contributed by atoms with Crippen molar-refractivity contribution in [2.24, 2.45) is 5.92 Å². The molecular weight excluding hydrogens is 338 g/mol. The molecule has 138 valence electrons. The van der Waals surface area contributed by atoms with Crippen molar-refractivity contribution in [2.45, 2.75) is 40.2 Å². The summed E-state index contributed by atoms with van der Waals surface area (Å²) in [7, 11) is 0. The van der Waals surface area contributed by atoms with Gasteiger partial charge < -0.3 is 15.1 Å². The predicted octanol–water partition coefficient (Wildman–Crippen LogP) is 2.21. The van der Waals surface area contributed by atoms with Crippen molar-refractivity contribution >= 4 is 29.9 Å². The van der Waals surface area contributed by atoms with Crippen LogP contribution >= 0.6 is 12.4 Å². The van der Waals surface area contributed by atoms with Gasteiger partial charge in [0.25, 0.3) is 0 Å². The van der Waals surface area contributed by atoms with E-state index in [0.29, 0.717) is 13.0 Å². The number of carbonyl (C=O) groups is 2. The summed E-state index contributed by atoms with van der Waals surface area (Å²) in [6, 6.07) is 4.39. The molecule has 0 bridgehead atoms. The molecule has 0 radical (unpaired) electrons. The number of carbonyl (C=O) groups excluding carboxylic acids is 2. The Hall–Kier alpha value is -1.59. The number of anilines is 1. The lowest BCUT2D eigenvalue weighted by Crippen LogP contribution is -2.54. The largest absolute Gasteiger partial charge is 0.337 e. The first kappa shape index (κ1) is 19.7. The minimum atomic E-state index is -0.224. The number of nitrogens with one attached hydrogen (secondary N) is 1. The molecule has 1 unspecified atom stereocenters. The van der Waals surface area contributed by atoms with Crippen LogP contribution in [0.3, 0.4) is 0 Å². The van der Waals surface area contributed by atoms with Gasteiger partial charge in [0.1, 0.15) is 0 Å². The Morgan fingerprint density at radius 2 is 1.84 bits per heavy atom. The van der Waals surface area contributed by atoms with Crippen molar-refractivity contribution in [1.29, 1.82) is 0 Å². The second kappa shape index (κ2) is 7.75. The lowest BCUT2D eigenvalue weighted by molar-refractivity contribution is -0.138. The molecule has 1 aromatic carbocycles. The van der Waals surface area contributed by atoms with E-state index >= 15 is 0 Å². The van der Waals surface area contributed by atoms with E-state index in [1.54, 1.807) is 0 Å². The van der Waals surface area contributed by atoms with Gasteiger partial charge in [-0.15, -0.1) is 12.4 Å². The van der Waals surface area contributed by atoms with E-state index in [9.17, 15) is 9.59 Å². The highest BCUT2D eigenvalue weighted by molar-refractivity contribution is 6.01. The first-order valence-corrected chi connectivity index (χ1v) is 8.78. The summed E-state index contributed by atoms with van der Waals surface area (Å²) in [4.78, 5) is 29.2. The third-order valence-electron chi connectivity index (χ3n) is 5.16. The zero-order valence-electron chi connectivity index (χ0n) is 15.5. The first-order valence-electron chi connectivity index (χ1n) is 8.78. The van der Waals surface area contributed by atoms with Gasteiger partial charge in [-0.05, 0) is 38.8 Å². The molecule has 2 saturated heterocycles. The molecule has 0 saturated carbocycles. The Bertz CT molecular complexity index is 654. The van der Waals surface area contributed by atoms with Crippen molar-refractivity contribution in [3.8, 4) is 0 Å². The van der Waals surface area contributed by atoms with E-state index in [1.807, 2.05) is 23.6 Å². The van der Waals surface area contributed by atoms with Gasteiger partial charge in [-0.1, -0.05) is 17.7 Å². The number of hydrogen-bond acceptors (Lipinski definition) is 3. The molecule has 2 aliphatic heterocycles. The van der Waals surface area contributed by atoms with Crippen LogP contribution in [0.2, 0.25) is 0 Å². The molecule has 1 aromatic rings. The van der Waals surface area contributed by atoms with Crippen LogP contribution in [0.5, 0.6) is 0 Å². The van der Waals surface area contributed by atoms with E-state index in [0.717, 1.165) is 36.4 Å². The molecule has 25 heavy (non-hydrogen) atoms. The van der Waals surface area contributed by atoms with Gasteiger partial charge in [0, 0.05) is 44.3 Å². The van der Waals surface area contributed by atoms with Crippen LogP contribution in [0.25, 0.3) is 0 Å².